The van der Waals surface area contributed by atoms with Gasteiger partial charge in [-0.1, -0.05) is 28.5 Å². The monoisotopic (exact) mass is 290 g/mol. The van der Waals surface area contributed by atoms with E-state index in [1.165, 1.54) is 6.07 Å². The number of hydrogen-bond donors (Lipinski definition) is 2. The Morgan fingerprint density at radius 1 is 1.50 bits per heavy atom. The zero-order valence-corrected chi connectivity index (χ0v) is 11.4. The van der Waals surface area contributed by atoms with Gasteiger partial charge in [-0.3, -0.25) is 10.1 Å². The van der Waals surface area contributed by atoms with Gasteiger partial charge >= 0.3 is 6.01 Å². The molecule has 102 valence electrons. The van der Waals surface area contributed by atoms with Crippen LogP contribution >= 0.6 is 11.6 Å². The molecule has 1 aromatic heterocycles. The first-order valence-electron chi connectivity index (χ1n) is 5.70. The van der Waals surface area contributed by atoms with Crippen molar-refractivity contribution in [3.63, 3.8) is 0 Å². The molecule has 0 unspecified atom stereocenters. The molecule has 0 saturated carbocycles. The van der Waals surface area contributed by atoms with Crippen LogP contribution in [0.5, 0.6) is 0 Å². The number of aromatic nitrogens is 2. The Morgan fingerprint density at radius 2 is 2.30 bits per heavy atom. The van der Waals surface area contributed by atoms with Gasteiger partial charge in [0.1, 0.15) is 0 Å². The Labute approximate surface area is 120 Å². The summed E-state index contributed by atoms with van der Waals surface area (Å²) < 4.78 is 5.06. The minimum absolute atomic E-state index is 0.0376. The predicted octanol–water partition coefficient (Wildman–Crippen LogP) is 1.59. The molecule has 0 aliphatic rings. The first-order valence-corrected chi connectivity index (χ1v) is 6.08. The van der Waals surface area contributed by atoms with E-state index in [0.717, 1.165) is 0 Å². The van der Waals surface area contributed by atoms with Crippen LogP contribution in [0.25, 0.3) is 0 Å². The van der Waals surface area contributed by atoms with Crippen molar-refractivity contribution >= 4 is 23.5 Å². The standard InChI is InChI=1S/C13H11ClN4O2/c1-8-17-18-13(20-8)16-12(19)10-5-4-9(3-2-6-15)11(14)7-10/h4-5,7H,6,15H2,1H3,(H,16,18,19). The van der Waals surface area contributed by atoms with Crippen LogP contribution in [0.3, 0.4) is 0 Å². The summed E-state index contributed by atoms with van der Waals surface area (Å²) >= 11 is 6.04. The van der Waals surface area contributed by atoms with Crippen molar-refractivity contribution in [3.8, 4) is 11.8 Å². The molecule has 0 atom stereocenters. The molecule has 1 amide bonds. The van der Waals surface area contributed by atoms with E-state index in [4.69, 9.17) is 21.8 Å². The molecule has 0 aliphatic heterocycles. The van der Waals surface area contributed by atoms with E-state index in [-0.39, 0.29) is 12.6 Å². The number of amides is 1. The molecule has 3 N–H and O–H groups in total. The highest BCUT2D eigenvalue weighted by Crippen LogP contribution is 2.18. The van der Waals surface area contributed by atoms with Crippen molar-refractivity contribution in [1.29, 1.82) is 0 Å². The molecule has 2 aromatic rings. The SMILES string of the molecule is Cc1nnc(NC(=O)c2ccc(C#CCN)c(Cl)c2)o1. The van der Waals surface area contributed by atoms with Crippen molar-refractivity contribution < 1.29 is 9.21 Å². The number of benzene rings is 1. The number of aryl methyl sites for hydroxylation is 1. The van der Waals surface area contributed by atoms with Gasteiger partial charge in [0.15, 0.2) is 0 Å². The van der Waals surface area contributed by atoms with Gasteiger partial charge < -0.3 is 10.2 Å². The molecule has 1 heterocycles. The number of hydrogen-bond acceptors (Lipinski definition) is 5. The lowest BCUT2D eigenvalue weighted by molar-refractivity contribution is 0.102. The van der Waals surface area contributed by atoms with Gasteiger partial charge in [-0.2, -0.15) is 0 Å². The maximum Gasteiger partial charge on any atom is 0.322 e. The van der Waals surface area contributed by atoms with E-state index in [1.807, 2.05) is 0 Å². The predicted molar refractivity (Wildman–Crippen MR) is 74.4 cm³/mol. The average Bonchev–Trinajstić information content (AvgIpc) is 2.82. The molecule has 0 bridgehead atoms. The lowest BCUT2D eigenvalue weighted by Crippen LogP contribution is -2.12. The second-order valence-electron chi connectivity index (χ2n) is 3.78. The van der Waals surface area contributed by atoms with Crippen LogP contribution in [0.2, 0.25) is 5.02 Å². The number of nitrogens with one attached hydrogen (secondary N) is 1. The molecular weight excluding hydrogens is 280 g/mol. The first kappa shape index (κ1) is 14.1. The second kappa shape index (κ2) is 6.19. The van der Waals surface area contributed by atoms with Gasteiger partial charge in [0.2, 0.25) is 5.89 Å². The summed E-state index contributed by atoms with van der Waals surface area (Å²) in [6.45, 7) is 1.87. The molecule has 0 saturated heterocycles. The number of carbonyl (C=O) groups is 1. The molecule has 0 radical (unpaired) electrons. The first-order chi connectivity index (χ1) is 9.60. The van der Waals surface area contributed by atoms with E-state index in [2.05, 4.69) is 27.4 Å². The largest absolute Gasteiger partial charge is 0.408 e. The van der Waals surface area contributed by atoms with Gasteiger partial charge in [0.25, 0.3) is 5.91 Å². The van der Waals surface area contributed by atoms with Crippen molar-refractivity contribution in [1.82, 2.24) is 10.2 Å². The summed E-state index contributed by atoms with van der Waals surface area (Å²) in [4.78, 5) is 11.9. The fraction of sp³-hybridized carbons (Fsp3) is 0.154. The van der Waals surface area contributed by atoms with Crippen molar-refractivity contribution in [2.45, 2.75) is 6.92 Å². The molecule has 0 fully saturated rings. The summed E-state index contributed by atoms with van der Waals surface area (Å²) in [5.41, 5.74) is 6.27. The van der Waals surface area contributed by atoms with E-state index in [9.17, 15) is 4.79 Å². The van der Waals surface area contributed by atoms with Crippen LogP contribution in [-0.2, 0) is 0 Å². The maximum absolute atomic E-state index is 11.9. The van der Waals surface area contributed by atoms with E-state index in [0.29, 0.717) is 22.0 Å². The Morgan fingerprint density at radius 3 is 2.90 bits per heavy atom. The number of nitrogens with two attached hydrogens (primary N) is 1. The molecule has 6 nitrogen and oxygen atoms in total. The van der Waals surface area contributed by atoms with Gasteiger partial charge in [0.05, 0.1) is 11.6 Å². The molecular formula is C13H11ClN4O2. The number of halogens is 1. The van der Waals surface area contributed by atoms with Crippen molar-refractivity contribution in [3.05, 3.63) is 40.2 Å². The third kappa shape index (κ3) is 3.35. The summed E-state index contributed by atoms with van der Waals surface area (Å²) in [6, 6.07) is 4.81. The highest BCUT2D eigenvalue weighted by atomic mass is 35.5. The van der Waals surface area contributed by atoms with Crippen molar-refractivity contribution in [2.75, 3.05) is 11.9 Å². The normalized spacial score (nSPS) is 9.75. The highest BCUT2D eigenvalue weighted by Gasteiger charge is 2.11. The van der Waals surface area contributed by atoms with Gasteiger partial charge in [-0.25, -0.2) is 0 Å². The topological polar surface area (TPSA) is 94.0 Å². The quantitative estimate of drug-likeness (QED) is 0.819. The third-order valence-electron chi connectivity index (χ3n) is 2.30. The molecule has 20 heavy (non-hydrogen) atoms. The summed E-state index contributed by atoms with van der Waals surface area (Å²) in [5.74, 6) is 5.48. The zero-order chi connectivity index (χ0) is 14.5. The summed E-state index contributed by atoms with van der Waals surface area (Å²) in [6.07, 6.45) is 0. The summed E-state index contributed by atoms with van der Waals surface area (Å²) in [5, 5.41) is 10.1. The lowest BCUT2D eigenvalue weighted by atomic mass is 10.1. The van der Waals surface area contributed by atoms with Crippen molar-refractivity contribution in [2.24, 2.45) is 5.73 Å². The van der Waals surface area contributed by atoms with Crippen LogP contribution in [-0.4, -0.2) is 22.6 Å². The zero-order valence-electron chi connectivity index (χ0n) is 10.6. The van der Waals surface area contributed by atoms with Gasteiger partial charge in [0, 0.05) is 18.1 Å². The Bertz CT molecular complexity index is 700. The molecule has 7 heteroatoms. The van der Waals surface area contributed by atoms with E-state index >= 15 is 0 Å². The smallest absolute Gasteiger partial charge is 0.322 e. The van der Waals surface area contributed by atoms with Gasteiger partial charge in [-0.05, 0) is 18.2 Å². The Balaban J connectivity index is 2.16. The van der Waals surface area contributed by atoms with Gasteiger partial charge in [-0.15, -0.1) is 5.10 Å². The van der Waals surface area contributed by atoms with Crippen LogP contribution < -0.4 is 11.1 Å². The molecule has 2 rings (SSSR count). The number of carbonyl (C=O) groups excluding carboxylic acids is 1. The van der Waals surface area contributed by atoms with Crippen LogP contribution in [0.1, 0.15) is 21.8 Å². The highest BCUT2D eigenvalue weighted by molar-refractivity contribution is 6.32. The molecule has 0 spiro atoms. The lowest BCUT2D eigenvalue weighted by Gasteiger charge is -2.02. The third-order valence-corrected chi connectivity index (χ3v) is 2.62. The van der Waals surface area contributed by atoms with E-state index < -0.39 is 5.91 Å². The number of nitrogens with zero attached hydrogens (tertiary/aromatic N) is 2. The fourth-order valence-corrected chi connectivity index (χ4v) is 1.65. The average molecular weight is 291 g/mol. The van der Waals surface area contributed by atoms with Crippen LogP contribution in [0.15, 0.2) is 22.6 Å². The molecule has 0 aliphatic carbocycles. The minimum Gasteiger partial charge on any atom is -0.408 e. The van der Waals surface area contributed by atoms with Crippen LogP contribution in [0.4, 0.5) is 6.01 Å². The number of rotatable bonds is 2. The van der Waals surface area contributed by atoms with E-state index in [1.54, 1.807) is 19.1 Å². The second-order valence-corrected chi connectivity index (χ2v) is 4.19. The fourth-order valence-electron chi connectivity index (χ4n) is 1.42. The number of anilines is 1. The Kier molecular flexibility index (Phi) is 4.35. The maximum atomic E-state index is 11.9. The Hall–Kier alpha value is -2.36. The van der Waals surface area contributed by atoms with Crippen LogP contribution in [0, 0.1) is 18.8 Å². The minimum atomic E-state index is -0.395. The molecule has 1 aromatic carbocycles. The summed E-state index contributed by atoms with van der Waals surface area (Å²) in [7, 11) is 0.